The largest absolute Gasteiger partial charge is 0.370 e. The number of carbonyl (C=O) groups excluding carboxylic acids is 1. The Hall–Kier alpha value is -1.35. The van der Waals surface area contributed by atoms with E-state index in [1.54, 1.807) is 0 Å². The smallest absolute Gasteiger partial charge is 0.218 e. The molecule has 0 fully saturated rings. The van der Waals surface area contributed by atoms with E-state index in [0.717, 1.165) is 19.4 Å². The van der Waals surface area contributed by atoms with Crippen LogP contribution in [0.3, 0.4) is 0 Å². The minimum atomic E-state index is -0.237. The average Bonchev–Trinajstić information content (AvgIpc) is 2.27. The Balaban J connectivity index is 2.40. The summed E-state index contributed by atoms with van der Waals surface area (Å²) in [7, 11) is 0. The van der Waals surface area contributed by atoms with E-state index in [0.29, 0.717) is 6.42 Å². The van der Waals surface area contributed by atoms with Gasteiger partial charge in [-0.3, -0.25) is 4.79 Å². The topological polar surface area (TPSA) is 55.1 Å². The average molecular weight is 220 g/mol. The van der Waals surface area contributed by atoms with Crippen molar-refractivity contribution in [2.24, 2.45) is 5.73 Å². The van der Waals surface area contributed by atoms with Crippen LogP contribution < -0.4 is 11.1 Å². The second-order valence-corrected chi connectivity index (χ2v) is 3.95. The van der Waals surface area contributed by atoms with Crippen LogP contribution in [0.1, 0.15) is 25.3 Å². The number of hydrogen-bond donors (Lipinski definition) is 2. The Bertz CT molecular complexity index is 311. The zero-order chi connectivity index (χ0) is 11.8. The summed E-state index contributed by atoms with van der Waals surface area (Å²) in [4.78, 5) is 10.9. The molecule has 0 spiro atoms. The molecule has 3 nitrogen and oxygen atoms in total. The van der Waals surface area contributed by atoms with Gasteiger partial charge in [-0.15, -0.1) is 0 Å². The number of benzene rings is 1. The quantitative estimate of drug-likeness (QED) is 0.731. The van der Waals surface area contributed by atoms with Gasteiger partial charge in [0.2, 0.25) is 5.91 Å². The lowest BCUT2D eigenvalue weighted by atomic mass is 10.0. The summed E-state index contributed by atoms with van der Waals surface area (Å²) in [6, 6.07) is 10.5. The van der Waals surface area contributed by atoms with Crippen molar-refractivity contribution in [3.8, 4) is 0 Å². The first-order chi connectivity index (χ1) is 7.72. The van der Waals surface area contributed by atoms with Gasteiger partial charge in [0, 0.05) is 12.5 Å². The maximum Gasteiger partial charge on any atom is 0.218 e. The Morgan fingerprint density at radius 1 is 1.38 bits per heavy atom. The van der Waals surface area contributed by atoms with Crippen LogP contribution in [0.4, 0.5) is 0 Å². The van der Waals surface area contributed by atoms with Crippen LogP contribution in [0.2, 0.25) is 0 Å². The SMILES string of the molecule is CCNC(CCc1ccccc1)CC(N)=O. The molecule has 3 N–H and O–H groups in total. The third-order valence-electron chi connectivity index (χ3n) is 2.56. The standard InChI is InChI=1S/C13H20N2O/c1-2-15-12(10-13(14)16)9-8-11-6-4-3-5-7-11/h3-7,12,15H,2,8-10H2,1H3,(H2,14,16). The first-order valence-electron chi connectivity index (χ1n) is 5.78. The van der Waals surface area contributed by atoms with Gasteiger partial charge in [0.05, 0.1) is 0 Å². The molecule has 0 radical (unpaired) electrons. The van der Waals surface area contributed by atoms with Crippen molar-refractivity contribution in [2.45, 2.75) is 32.2 Å². The number of primary amides is 1. The number of carbonyl (C=O) groups is 1. The number of hydrogen-bond acceptors (Lipinski definition) is 2. The zero-order valence-electron chi connectivity index (χ0n) is 9.78. The highest BCUT2D eigenvalue weighted by Crippen LogP contribution is 2.07. The van der Waals surface area contributed by atoms with Crippen LogP contribution in [0.15, 0.2) is 30.3 Å². The van der Waals surface area contributed by atoms with Crippen molar-refractivity contribution in [3.63, 3.8) is 0 Å². The van der Waals surface area contributed by atoms with E-state index >= 15 is 0 Å². The highest BCUT2D eigenvalue weighted by Gasteiger charge is 2.10. The molecule has 0 saturated heterocycles. The zero-order valence-corrected chi connectivity index (χ0v) is 9.78. The summed E-state index contributed by atoms with van der Waals surface area (Å²) < 4.78 is 0. The third kappa shape index (κ3) is 4.94. The molecule has 0 aliphatic carbocycles. The van der Waals surface area contributed by atoms with Gasteiger partial charge in [-0.1, -0.05) is 37.3 Å². The molecular formula is C13H20N2O. The molecule has 3 heteroatoms. The van der Waals surface area contributed by atoms with Crippen LogP contribution in [-0.4, -0.2) is 18.5 Å². The second-order valence-electron chi connectivity index (χ2n) is 3.95. The lowest BCUT2D eigenvalue weighted by molar-refractivity contribution is -0.118. The Morgan fingerprint density at radius 3 is 2.62 bits per heavy atom. The molecule has 0 aliphatic rings. The number of nitrogens with two attached hydrogens (primary N) is 1. The molecule has 1 amide bonds. The fraction of sp³-hybridized carbons (Fsp3) is 0.462. The van der Waals surface area contributed by atoms with E-state index in [1.165, 1.54) is 5.56 Å². The maximum atomic E-state index is 10.9. The first-order valence-corrected chi connectivity index (χ1v) is 5.78. The van der Waals surface area contributed by atoms with Crippen molar-refractivity contribution in [3.05, 3.63) is 35.9 Å². The molecule has 1 aromatic carbocycles. The Morgan fingerprint density at radius 2 is 2.06 bits per heavy atom. The second kappa shape index (κ2) is 7.01. The van der Waals surface area contributed by atoms with Crippen molar-refractivity contribution in [1.29, 1.82) is 0 Å². The summed E-state index contributed by atoms with van der Waals surface area (Å²) in [5.41, 5.74) is 6.51. The van der Waals surface area contributed by atoms with E-state index in [1.807, 2.05) is 25.1 Å². The van der Waals surface area contributed by atoms with E-state index in [-0.39, 0.29) is 11.9 Å². The predicted molar refractivity (Wildman–Crippen MR) is 66.0 cm³/mol. The van der Waals surface area contributed by atoms with Gasteiger partial charge in [0.1, 0.15) is 0 Å². The molecule has 88 valence electrons. The molecule has 16 heavy (non-hydrogen) atoms. The van der Waals surface area contributed by atoms with Gasteiger partial charge < -0.3 is 11.1 Å². The van der Waals surface area contributed by atoms with Gasteiger partial charge in [0.25, 0.3) is 0 Å². The molecule has 0 heterocycles. The van der Waals surface area contributed by atoms with E-state index < -0.39 is 0 Å². The molecule has 1 atom stereocenters. The fourth-order valence-electron chi connectivity index (χ4n) is 1.79. The lowest BCUT2D eigenvalue weighted by Crippen LogP contribution is -2.33. The highest BCUT2D eigenvalue weighted by molar-refractivity contribution is 5.74. The molecule has 0 bridgehead atoms. The third-order valence-corrected chi connectivity index (χ3v) is 2.56. The number of nitrogens with one attached hydrogen (secondary N) is 1. The van der Waals surface area contributed by atoms with Crippen molar-refractivity contribution in [2.75, 3.05) is 6.54 Å². The van der Waals surface area contributed by atoms with Gasteiger partial charge >= 0.3 is 0 Å². The van der Waals surface area contributed by atoms with Gasteiger partial charge in [0.15, 0.2) is 0 Å². The maximum absolute atomic E-state index is 10.9. The van der Waals surface area contributed by atoms with Crippen LogP contribution >= 0.6 is 0 Å². The van der Waals surface area contributed by atoms with Gasteiger partial charge in [-0.25, -0.2) is 0 Å². The Kier molecular flexibility index (Phi) is 5.57. The van der Waals surface area contributed by atoms with E-state index in [2.05, 4.69) is 17.4 Å². The van der Waals surface area contributed by atoms with Crippen molar-refractivity contribution >= 4 is 5.91 Å². The first kappa shape index (κ1) is 12.7. The molecular weight excluding hydrogens is 200 g/mol. The summed E-state index contributed by atoms with van der Waals surface area (Å²) in [6.07, 6.45) is 2.34. The van der Waals surface area contributed by atoms with E-state index in [4.69, 9.17) is 5.73 Å². The van der Waals surface area contributed by atoms with Crippen LogP contribution in [0.5, 0.6) is 0 Å². The van der Waals surface area contributed by atoms with Gasteiger partial charge in [-0.2, -0.15) is 0 Å². The predicted octanol–water partition coefficient (Wildman–Crippen LogP) is 1.47. The summed E-state index contributed by atoms with van der Waals surface area (Å²) in [6.45, 7) is 2.91. The highest BCUT2D eigenvalue weighted by atomic mass is 16.1. The molecule has 1 aromatic rings. The summed E-state index contributed by atoms with van der Waals surface area (Å²) >= 11 is 0. The molecule has 1 unspecified atom stereocenters. The fourth-order valence-corrected chi connectivity index (χ4v) is 1.79. The number of amides is 1. The van der Waals surface area contributed by atoms with Crippen LogP contribution in [0, 0.1) is 0 Å². The molecule has 0 saturated carbocycles. The minimum absolute atomic E-state index is 0.197. The normalized spacial score (nSPS) is 12.3. The molecule has 0 aliphatic heterocycles. The number of rotatable bonds is 7. The summed E-state index contributed by atoms with van der Waals surface area (Å²) in [5, 5.41) is 3.28. The number of aryl methyl sites for hydroxylation is 1. The monoisotopic (exact) mass is 220 g/mol. The van der Waals surface area contributed by atoms with E-state index in [9.17, 15) is 4.79 Å². The Labute approximate surface area is 97.0 Å². The van der Waals surface area contributed by atoms with Crippen molar-refractivity contribution in [1.82, 2.24) is 5.32 Å². The lowest BCUT2D eigenvalue weighted by Gasteiger charge is -2.15. The van der Waals surface area contributed by atoms with Gasteiger partial charge in [-0.05, 0) is 24.9 Å². The van der Waals surface area contributed by atoms with Crippen molar-refractivity contribution < 1.29 is 4.79 Å². The molecule has 1 rings (SSSR count). The summed E-state index contributed by atoms with van der Waals surface area (Å²) in [5.74, 6) is -0.237. The van der Waals surface area contributed by atoms with Crippen LogP contribution in [0.25, 0.3) is 0 Å². The minimum Gasteiger partial charge on any atom is -0.370 e. The molecule has 0 aromatic heterocycles. The van der Waals surface area contributed by atoms with Crippen LogP contribution in [-0.2, 0) is 11.2 Å².